The Balaban J connectivity index is 1.58. The Hall–Kier alpha value is -0.480. The highest BCUT2D eigenvalue weighted by Crippen LogP contribution is 2.70. The maximum Gasteiger partial charge on any atom is -0.0121 e. The second-order valence-electron chi connectivity index (χ2n) is 13.6. The second kappa shape index (κ2) is 9.05. The summed E-state index contributed by atoms with van der Waals surface area (Å²) in [7, 11) is 0. The third-order valence-electron chi connectivity index (χ3n) is 11.6. The molecule has 4 saturated carbocycles. The summed E-state index contributed by atoms with van der Waals surface area (Å²) in [5, 5.41) is 0. The first-order valence-electron chi connectivity index (χ1n) is 14.1. The van der Waals surface area contributed by atoms with Crippen LogP contribution < -0.4 is 0 Å². The van der Waals surface area contributed by atoms with Gasteiger partial charge in [-0.1, -0.05) is 80.2 Å². The number of hydrogen-bond acceptors (Lipinski definition) is 0. The summed E-state index contributed by atoms with van der Waals surface area (Å²) in [6, 6.07) is 0. The summed E-state index contributed by atoms with van der Waals surface area (Å²) < 4.78 is 0. The van der Waals surface area contributed by atoms with Gasteiger partial charge in [0, 0.05) is 0 Å². The molecule has 4 aliphatic carbocycles. The molecule has 0 heterocycles. The fourth-order valence-corrected chi connectivity index (χ4v) is 10.2. The highest BCUT2D eigenvalue weighted by Gasteiger charge is 2.62. The molecule has 4 fully saturated rings. The molecule has 0 nitrogen and oxygen atoms in total. The Kier molecular flexibility index (Phi) is 6.91. The molecule has 0 radical (unpaired) electrons. The van der Waals surface area contributed by atoms with Gasteiger partial charge in [0.05, 0.1) is 0 Å². The van der Waals surface area contributed by atoms with Gasteiger partial charge in [0.15, 0.2) is 0 Å². The zero-order valence-corrected chi connectivity index (χ0v) is 21.8. The van der Waals surface area contributed by atoms with Crippen LogP contribution in [0.15, 0.2) is 18.4 Å². The summed E-state index contributed by atoms with van der Waals surface area (Å²) >= 11 is 0. The van der Waals surface area contributed by atoms with Crippen molar-refractivity contribution in [3.63, 3.8) is 0 Å². The molecule has 0 N–H and O–H groups in total. The van der Waals surface area contributed by atoms with Crippen molar-refractivity contribution in [2.45, 2.75) is 112 Å². The van der Waals surface area contributed by atoms with Gasteiger partial charge in [0.1, 0.15) is 0 Å². The predicted molar refractivity (Wildman–Crippen MR) is 135 cm³/mol. The SMILES string of the molecule is C=C=CC1CC2C(C)CCC[C@]2(C)[C@H]2CC[C@]3(C)[C@@H]([C@H](C)CCCC(C)C)CC[C@H]3[C@H]12. The number of fused-ring (bicyclic) bond motifs is 5. The van der Waals surface area contributed by atoms with E-state index in [4.69, 9.17) is 0 Å². The lowest BCUT2D eigenvalue weighted by atomic mass is 9.41. The molecule has 0 aromatic rings. The Labute approximate surface area is 194 Å². The van der Waals surface area contributed by atoms with Gasteiger partial charge in [-0.3, -0.25) is 0 Å². The molecule has 0 aromatic carbocycles. The van der Waals surface area contributed by atoms with E-state index in [1.54, 1.807) is 0 Å². The van der Waals surface area contributed by atoms with Crippen LogP contribution in [0.5, 0.6) is 0 Å². The third-order valence-corrected chi connectivity index (χ3v) is 11.6. The monoisotopic (exact) mass is 424 g/mol. The van der Waals surface area contributed by atoms with Crippen LogP contribution >= 0.6 is 0 Å². The van der Waals surface area contributed by atoms with Crippen molar-refractivity contribution in [3.8, 4) is 0 Å². The first kappa shape index (κ1) is 23.7. The lowest BCUT2D eigenvalue weighted by molar-refractivity contribution is -0.144. The molecule has 0 aromatic heterocycles. The van der Waals surface area contributed by atoms with E-state index < -0.39 is 0 Å². The number of hydrogen-bond donors (Lipinski definition) is 0. The van der Waals surface area contributed by atoms with Crippen LogP contribution in [0.1, 0.15) is 112 Å². The molecule has 0 saturated heterocycles. The van der Waals surface area contributed by atoms with Crippen molar-refractivity contribution in [2.24, 2.45) is 64.1 Å². The summed E-state index contributed by atoms with van der Waals surface area (Å²) in [4.78, 5) is 0. The number of allylic oxidation sites excluding steroid dienone is 1. The Morgan fingerprint density at radius 2 is 1.68 bits per heavy atom. The molecule has 4 rings (SSSR count). The zero-order chi connectivity index (χ0) is 22.4. The first-order valence-corrected chi connectivity index (χ1v) is 14.1. The van der Waals surface area contributed by atoms with Gasteiger partial charge in [0.25, 0.3) is 0 Å². The van der Waals surface area contributed by atoms with Crippen LogP contribution in [0.3, 0.4) is 0 Å². The Morgan fingerprint density at radius 1 is 0.935 bits per heavy atom. The van der Waals surface area contributed by atoms with Crippen LogP contribution in [-0.2, 0) is 0 Å². The molecule has 176 valence electrons. The Morgan fingerprint density at radius 3 is 2.39 bits per heavy atom. The molecule has 4 aliphatic rings. The summed E-state index contributed by atoms with van der Waals surface area (Å²) in [6.07, 6.45) is 18.5. The van der Waals surface area contributed by atoms with E-state index in [0.29, 0.717) is 10.8 Å². The fraction of sp³-hybridized carbons (Fsp3) is 0.903. The van der Waals surface area contributed by atoms with Crippen molar-refractivity contribution in [1.29, 1.82) is 0 Å². The minimum absolute atomic E-state index is 0.579. The molecular weight excluding hydrogens is 372 g/mol. The lowest BCUT2D eigenvalue weighted by Gasteiger charge is -2.63. The van der Waals surface area contributed by atoms with Gasteiger partial charge < -0.3 is 0 Å². The van der Waals surface area contributed by atoms with Gasteiger partial charge in [-0.05, 0) is 109 Å². The largest absolute Gasteiger partial charge is 0.133 e. The minimum Gasteiger partial charge on any atom is -0.133 e. The van der Waals surface area contributed by atoms with Gasteiger partial charge in [0.2, 0.25) is 0 Å². The van der Waals surface area contributed by atoms with Crippen LogP contribution in [0.25, 0.3) is 0 Å². The molecule has 0 aliphatic heterocycles. The molecular formula is C31H52. The maximum atomic E-state index is 4.05. The van der Waals surface area contributed by atoms with Crippen molar-refractivity contribution in [3.05, 3.63) is 18.4 Å². The van der Waals surface area contributed by atoms with Gasteiger partial charge in [-0.2, -0.15) is 0 Å². The average molecular weight is 425 g/mol. The van der Waals surface area contributed by atoms with Crippen molar-refractivity contribution < 1.29 is 0 Å². The molecule has 0 amide bonds. The van der Waals surface area contributed by atoms with E-state index in [-0.39, 0.29) is 0 Å². The van der Waals surface area contributed by atoms with Gasteiger partial charge in [-0.15, -0.1) is 5.73 Å². The summed E-state index contributed by atoms with van der Waals surface area (Å²) in [5.41, 5.74) is 4.46. The highest BCUT2D eigenvalue weighted by atomic mass is 14.7. The molecule has 31 heavy (non-hydrogen) atoms. The molecule has 3 unspecified atom stereocenters. The van der Waals surface area contributed by atoms with Crippen LogP contribution in [0, 0.1) is 64.1 Å². The lowest BCUT2D eigenvalue weighted by Crippen LogP contribution is -2.57. The van der Waals surface area contributed by atoms with Crippen molar-refractivity contribution in [2.75, 3.05) is 0 Å². The van der Waals surface area contributed by atoms with Crippen LogP contribution in [0.4, 0.5) is 0 Å². The van der Waals surface area contributed by atoms with Crippen LogP contribution in [0.2, 0.25) is 0 Å². The normalized spacial score (nSPS) is 47.8. The van der Waals surface area contributed by atoms with Crippen LogP contribution in [-0.4, -0.2) is 0 Å². The maximum absolute atomic E-state index is 4.05. The Bertz CT molecular complexity index is 668. The van der Waals surface area contributed by atoms with Crippen molar-refractivity contribution in [1.82, 2.24) is 0 Å². The topological polar surface area (TPSA) is 0 Å². The van der Waals surface area contributed by atoms with Gasteiger partial charge in [-0.25, -0.2) is 0 Å². The molecule has 0 bridgehead atoms. The number of rotatable bonds is 6. The fourth-order valence-electron chi connectivity index (χ4n) is 10.2. The van der Waals surface area contributed by atoms with E-state index >= 15 is 0 Å². The van der Waals surface area contributed by atoms with Gasteiger partial charge >= 0.3 is 0 Å². The average Bonchev–Trinajstić information content (AvgIpc) is 3.06. The predicted octanol–water partition coefficient (Wildman–Crippen LogP) is 9.31. The highest BCUT2D eigenvalue weighted by molar-refractivity contribution is 5.14. The summed E-state index contributed by atoms with van der Waals surface area (Å²) in [5.74, 6) is 8.06. The van der Waals surface area contributed by atoms with Crippen molar-refractivity contribution >= 4 is 0 Å². The molecule has 0 spiro atoms. The quantitative estimate of drug-likeness (QED) is 0.372. The van der Waals surface area contributed by atoms with E-state index in [0.717, 1.165) is 53.3 Å². The molecule has 0 heteroatoms. The molecule has 10 atom stereocenters. The second-order valence-corrected chi connectivity index (χ2v) is 13.6. The smallest absolute Gasteiger partial charge is 0.0121 e. The summed E-state index contributed by atoms with van der Waals surface area (Å²) in [6.45, 7) is 19.4. The van der Waals surface area contributed by atoms with E-state index in [2.05, 4.69) is 59.9 Å². The first-order chi connectivity index (χ1) is 14.7. The third kappa shape index (κ3) is 4.03. The van der Waals surface area contributed by atoms with E-state index in [9.17, 15) is 0 Å². The minimum atomic E-state index is 0.579. The zero-order valence-electron chi connectivity index (χ0n) is 21.8. The van der Waals surface area contributed by atoms with E-state index in [1.807, 2.05) is 0 Å². The standard InChI is InChI=1S/C31H52/c1-8-11-24-20-28-23(5)14-10-18-30(28,6)27-17-19-31(7)25(15-16-26(31)29(24)27)22(4)13-9-12-21(2)3/h11,21-29H,1,9-10,12-20H2,2-7H3/t22-,23?,24?,25-,26+,27+,28?,29+,30-,31-/m1/s1. The van der Waals surface area contributed by atoms with E-state index in [1.165, 1.54) is 70.6 Å².